The number of aromatic nitrogens is 3. The molecule has 0 saturated heterocycles. The van der Waals surface area contributed by atoms with Crippen molar-refractivity contribution in [3.05, 3.63) is 71.5 Å². The van der Waals surface area contributed by atoms with Crippen LogP contribution < -0.4 is 5.32 Å². The maximum absolute atomic E-state index is 12.3. The molecule has 0 unspecified atom stereocenters. The quantitative estimate of drug-likeness (QED) is 0.624. The lowest BCUT2D eigenvalue weighted by molar-refractivity contribution is -0.128. The molecule has 0 saturated carbocycles. The highest BCUT2D eigenvalue weighted by molar-refractivity contribution is 7.98. The van der Waals surface area contributed by atoms with Crippen molar-refractivity contribution < 1.29 is 4.79 Å². The summed E-state index contributed by atoms with van der Waals surface area (Å²) in [5, 5.41) is 12.5. The van der Waals surface area contributed by atoms with Crippen molar-refractivity contribution in [2.24, 2.45) is 5.41 Å². The minimum absolute atomic E-state index is 0.00977. The van der Waals surface area contributed by atoms with Crippen molar-refractivity contribution in [3.63, 3.8) is 0 Å². The van der Waals surface area contributed by atoms with Gasteiger partial charge in [0.05, 0.1) is 6.54 Å². The van der Waals surface area contributed by atoms with Crippen LogP contribution in [0.4, 0.5) is 0 Å². The molecule has 3 rings (SSSR count). The number of carbonyl (C=O) groups is 1. The van der Waals surface area contributed by atoms with Crippen molar-refractivity contribution in [2.75, 3.05) is 0 Å². The Morgan fingerprint density at radius 3 is 2.36 bits per heavy atom. The summed E-state index contributed by atoms with van der Waals surface area (Å²) in [7, 11) is 0. The van der Waals surface area contributed by atoms with Crippen LogP contribution in [-0.2, 0) is 17.1 Å². The third kappa shape index (κ3) is 5.01. The second-order valence-corrected chi connectivity index (χ2v) is 8.72. The zero-order chi connectivity index (χ0) is 20.1. The lowest BCUT2D eigenvalue weighted by Gasteiger charge is -2.18. The second kappa shape index (κ2) is 8.61. The summed E-state index contributed by atoms with van der Waals surface area (Å²) in [6.45, 7) is 8.09. The average Bonchev–Trinajstić information content (AvgIpc) is 3.08. The molecule has 1 amide bonds. The van der Waals surface area contributed by atoms with Gasteiger partial charge in [0, 0.05) is 16.9 Å². The molecule has 146 valence electrons. The molecular formula is C22H26N4OS. The molecule has 0 aliphatic rings. The van der Waals surface area contributed by atoms with Gasteiger partial charge >= 0.3 is 0 Å². The molecule has 0 spiro atoms. The highest BCUT2D eigenvalue weighted by Crippen LogP contribution is 2.25. The van der Waals surface area contributed by atoms with E-state index < -0.39 is 5.41 Å². The first-order valence-corrected chi connectivity index (χ1v) is 10.3. The van der Waals surface area contributed by atoms with E-state index in [1.54, 1.807) is 11.8 Å². The summed E-state index contributed by atoms with van der Waals surface area (Å²) in [6.07, 6.45) is 0. The zero-order valence-corrected chi connectivity index (χ0v) is 17.6. The first kappa shape index (κ1) is 20.1. The van der Waals surface area contributed by atoms with Gasteiger partial charge in [-0.15, -0.1) is 10.2 Å². The highest BCUT2D eigenvalue weighted by atomic mass is 32.2. The fourth-order valence-electron chi connectivity index (χ4n) is 2.61. The number of nitrogens with zero attached hydrogens (tertiary/aromatic N) is 3. The number of aryl methyl sites for hydroxylation is 1. The standard InChI is InChI=1S/C22H26N4OS/c1-16-10-12-18(13-11-16)26-19(14-23-20(27)22(2,3)4)24-25-21(26)28-15-17-8-6-5-7-9-17/h5-13H,14-15H2,1-4H3,(H,23,27). The van der Waals surface area contributed by atoms with Crippen LogP contribution in [-0.4, -0.2) is 20.7 Å². The number of nitrogens with one attached hydrogen (secondary N) is 1. The van der Waals surface area contributed by atoms with E-state index in [2.05, 4.69) is 58.8 Å². The van der Waals surface area contributed by atoms with Crippen molar-refractivity contribution in [3.8, 4) is 5.69 Å². The summed E-state index contributed by atoms with van der Waals surface area (Å²) in [4.78, 5) is 12.3. The van der Waals surface area contributed by atoms with Gasteiger partial charge < -0.3 is 5.32 Å². The molecule has 1 heterocycles. The first-order chi connectivity index (χ1) is 13.3. The SMILES string of the molecule is Cc1ccc(-n2c(CNC(=O)C(C)(C)C)nnc2SCc2ccccc2)cc1. The predicted molar refractivity (Wildman–Crippen MR) is 113 cm³/mol. The molecule has 0 aliphatic carbocycles. The Morgan fingerprint density at radius 1 is 1.04 bits per heavy atom. The molecule has 0 radical (unpaired) electrons. The van der Waals surface area contributed by atoms with Crippen LogP contribution in [0.15, 0.2) is 59.8 Å². The molecule has 1 N–H and O–H groups in total. The van der Waals surface area contributed by atoms with Crippen LogP contribution in [0.2, 0.25) is 0 Å². The van der Waals surface area contributed by atoms with Gasteiger partial charge in [0.25, 0.3) is 0 Å². The second-order valence-electron chi connectivity index (χ2n) is 7.78. The van der Waals surface area contributed by atoms with Crippen LogP contribution in [0.3, 0.4) is 0 Å². The summed E-state index contributed by atoms with van der Waals surface area (Å²) < 4.78 is 2.02. The molecular weight excluding hydrogens is 368 g/mol. The number of amides is 1. The van der Waals surface area contributed by atoms with E-state index in [1.165, 1.54) is 11.1 Å². The highest BCUT2D eigenvalue weighted by Gasteiger charge is 2.22. The van der Waals surface area contributed by atoms with E-state index in [9.17, 15) is 4.79 Å². The molecule has 28 heavy (non-hydrogen) atoms. The van der Waals surface area contributed by atoms with E-state index in [4.69, 9.17) is 0 Å². The number of benzene rings is 2. The van der Waals surface area contributed by atoms with Crippen molar-refractivity contribution >= 4 is 17.7 Å². The van der Waals surface area contributed by atoms with E-state index in [1.807, 2.05) is 43.5 Å². The number of rotatable bonds is 6. The molecule has 2 aromatic carbocycles. The van der Waals surface area contributed by atoms with Crippen LogP contribution in [0.25, 0.3) is 5.69 Å². The van der Waals surface area contributed by atoms with E-state index in [0.717, 1.165) is 22.4 Å². The summed E-state index contributed by atoms with van der Waals surface area (Å²) in [5.41, 5.74) is 2.97. The summed E-state index contributed by atoms with van der Waals surface area (Å²) in [6, 6.07) is 18.5. The lowest BCUT2D eigenvalue weighted by Crippen LogP contribution is -2.35. The Kier molecular flexibility index (Phi) is 6.19. The van der Waals surface area contributed by atoms with Gasteiger partial charge in [-0.1, -0.05) is 80.6 Å². The molecule has 0 aliphatic heterocycles. The van der Waals surface area contributed by atoms with Crippen LogP contribution in [0, 0.1) is 12.3 Å². The smallest absolute Gasteiger partial charge is 0.225 e. The Morgan fingerprint density at radius 2 is 1.71 bits per heavy atom. The average molecular weight is 395 g/mol. The maximum atomic E-state index is 12.3. The Hall–Kier alpha value is -2.60. The van der Waals surface area contributed by atoms with Gasteiger partial charge in [-0.2, -0.15) is 0 Å². The maximum Gasteiger partial charge on any atom is 0.225 e. The van der Waals surface area contributed by atoms with Gasteiger partial charge in [-0.05, 0) is 24.6 Å². The van der Waals surface area contributed by atoms with Gasteiger partial charge in [-0.25, -0.2) is 0 Å². The Labute approximate surface area is 170 Å². The van der Waals surface area contributed by atoms with E-state index in [-0.39, 0.29) is 5.91 Å². The monoisotopic (exact) mass is 394 g/mol. The van der Waals surface area contributed by atoms with Crippen molar-refractivity contribution in [1.29, 1.82) is 0 Å². The number of hydrogen-bond acceptors (Lipinski definition) is 4. The van der Waals surface area contributed by atoms with Crippen molar-refractivity contribution in [1.82, 2.24) is 20.1 Å². The molecule has 6 heteroatoms. The third-order valence-corrected chi connectivity index (χ3v) is 5.29. The fraction of sp³-hybridized carbons (Fsp3) is 0.318. The minimum atomic E-state index is -0.445. The first-order valence-electron chi connectivity index (χ1n) is 9.31. The van der Waals surface area contributed by atoms with E-state index >= 15 is 0 Å². The van der Waals surface area contributed by atoms with Crippen molar-refractivity contribution in [2.45, 2.75) is 45.1 Å². The topological polar surface area (TPSA) is 59.8 Å². The fourth-order valence-corrected chi connectivity index (χ4v) is 3.53. The minimum Gasteiger partial charge on any atom is -0.348 e. The van der Waals surface area contributed by atoms with Crippen LogP contribution in [0.1, 0.15) is 37.7 Å². The van der Waals surface area contributed by atoms with E-state index in [0.29, 0.717) is 6.54 Å². The molecule has 3 aromatic rings. The third-order valence-electron chi connectivity index (χ3n) is 4.29. The number of hydrogen-bond donors (Lipinski definition) is 1. The predicted octanol–water partition coefficient (Wildman–Crippen LogP) is 4.53. The largest absolute Gasteiger partial charge is 0.348 e. The Balaban J connectivity index is 1.86. The number of carbonyl (C=O) groups excluding carboxylic acids is 1. The van der Waals surface area contributed by atoms with Gasteiger partial charge in [0.15, 0.2) is 11.0 Å². The lowest BCUT2D eigenvalue weighted by atomic mass is 9.96. The molecule has 0 fully saturated rings. The van der Waals surface area contributed by atoms with Crippen LogP contribution in [0.5, 0.6) is 0 Å². The molecule has 1 aromatic heterocycles. The van der Waals surface area contributed by atoms with Gasteiger partial charge in [0.2, 0.25) is 5.91 Å². The molecule has 5 nitrogen and oxygen atoms in total. The normalized spacial score (nSPS) is 11.4. The summed E-state index contributed by atoms with van der Waals surface area (Å²) in [5.74, 6) is 1.51. The molecule has 0 atom stereocenters. The summed E-state index contributed by atoms with van der Waals surface area (Å²) >= 11 is 1.64. The van der Waals surface area contributed by atoms with Gasteiger partial charge in [-0.3, -0.25) is 9.36 Å². The van der Waals surface area contributed by atoms with Crippen LogP contribution >= 0.6 is 11.8 Å². The Bertz CT molecular complexity index is 927. The molecule has 0 bridgehead atoms. The van der Waals surface area contributed by atoms with Gasteiger partial charge in [0.1, 0.15) is 0 Å². The number of thioether (sulfide) groups is 1. The zero-order valence-electron chi connectivity index (χ0n) is 16.8.